The zero-order valence-corrected chi connectivity index (χ0v) is 12.4. The van der Waals surface area contributed by atoms with Crippen LogP contribution in [0.5, 0.6) is 0 Å². The molecule has 5 heteroatoms. The maximum Gasteiger partial charge on any atom is 0.373 e. The third-order valence-corrected chi connectivity index (χ3v) is 3.76. The Morgan fingerprint density at radius 3 is 2.65 bits per heavy atom. The molecule has 0 saturated carbocycles. The first-order valence-corrected chi connectivity index (χ1v) is 7.08. The number of methoxy groups -OCH3 is 1. The fraction of sp³-hybridized carbons (Fsp3) is 0.667. The van der Waals surface area contributed by atoms with Crippen LogP contribution in [0.25, 0.3) is 0 Å². The minimum atomic E-state index is -0.972. The Balaban J connectivity index is 2.02. The van der Waals surface area contributed by atoms with E-state index in [1.807, 2.05) is 0 Å². The lowest BCUT2D eigenvalue weighted by atomic mass is 9.89. The van der Waals surface area contributed by atoms with Gasteiger partial charge in [-0.15, -0.1) is 0 Å². The number of hydrogen-bond donors (Lipinski definition) is 1. The molecule has 1 aliphatic rings. The molecule has 112 valence electrons. The van der Waals surface area contributed by atoms with Gasteiger partial charge < -0.3 is 19.2 Å². The summed E-state index contributed by atoms with van der Waals surface area (Å²) in [5, 5.41) is 10.7. The van der Waals surface area contributed by atoms with Gasteiger partial charge in [0.2, 0.25) is 5.76 Å². The van der Waals surface area contributed by atoms with Crippen LogP contribution in [0.2, 0.25) is 0 Å². The average molecular weight is 281 g/mol. The molecule has 2 rings (SSSR count). The molecular weight excluding hydrogens is 258 g/mol. The molecular formula is C15H23NO4. The highest BCUT2D eigenvalue weighted by Gasteiger charge is 2.37. The molecule has 0 atom stereocenters. The summed E-state index contributed by atoms with van der Waals surface area (Å²) in [7, 11) is 1.31. The second kappa shape index (κ2) is 5.97. The normalized spacial score (nSPS) is 19.2. The van der Waals surface area contributed by atoms with Crippen molar-refractivity contribution in [2.45, 2.75) is 32.3 Å². The molecule has 0 amide bonds. The summed E-state index contributed by atoms with van der Waals surface area (Å²) >= 11 is 0. The lowest BCUT2D eigenvalue weighted by Gasteiger charge is -2.37. The highest BCUT2D eigenvalue weighted by atomic mass is 16.5. The summed E-state index contributed by atoms with van der Waals surface area (Å²) in [6.07, 6.45) is 1.24. The molecule has 0 unspecified atom stereocenters. The molecule has 1 fully saturated rings. The first-order valence-electron chi connectivity index (χ1n) is 7.08. The van der Waals surface area contributed by atoms with Crippen molar-refractivity contribution in [3.8, 4) is 0 Å². The zero-order chi connectivity index (χ0) is 14.8. The molecule has 0 radical (unpaired) electrons. The number of rotatable bonds is 4. The highest BCUT2D eigenvalue weighted by molar-refractivity contribution is 5.86. The third kappa shape index (κ3) is 3.22. The van der Waals surface area contributed by atoms with E-state index in [-0.39, 0.29) is 5.76 Å². The number of esters is 1. The van der Waals surface area contributed by atoms with Crippen molar-refractivity contribution in [2.24, 2.45) is 5.92 Å². The third-order valence-electron chi connectivity index (χ3n) is 3.76. The predicted octanol–water partition coefficient (Wildman–Crippen LogP) is 2.01. The minimum absolute atomic E-state index is 0.139. The molecule has 0 bridgehead atoms. The molecule has 1 saturated heterocycles. The average Bonchev–Trinajstić information content (AvgIpc) is 2.90. The van der Waals surface area contributed by atoms with Crippen molar-refractivity contribution in [2.75, 3.05) is 26.7 Å². The van der Waals surface area contributed by atoms with E-state index >= 15 is 0 Å². The minimum Gasteiger partial charge on any atom is -0.463 e. The van der Waals surface area contributed by atoms with Crippen molar-refractivity contribution in [1.29, 1.82) is 0 Å². The van der Waals surface area contributed by atoms with Gasteiger partial charge in [0.15, 0.2) is 0 Å². The standard InChI is InChI=1S/C15H23NO4/c1-11(2)10-16-8-6-15(18,7-9-16)13-5-4-12(20-13)14(17)19-3/h4-5,11,18H,6-10H2,1-3H3. The summed E-state index contributed by atoms with van der Waals surface area (Å²) < 4.78 is 10.1. The molecule has 5 nitrogen and oxygen atoms in total. The Morgan fingerprint density at radius 2 is 2.10 bits per heavy atom. The van der Waals surface area contributed by atoms with E-state index in [4.69, 9.17) is 4.42 Å². The van der Waals surface area contributed by atoms with E-state index in [0.717, 1.165) is 19.6 Å². The monoisotopic (exact) mass is 281 g/mol. The number of hydrogen-bond acceptors (Lipinski definition) is 5. The Bertz CT molecular complexity index is 458. The van der Waals surface area contributed by atoms with E-state index in [2.05, 4.69) is 23.5 Å². The molecule has 0 aromatic carbocycles. The van der Waals surface area contributed by atoms with Crippen LogP contribution in [0, 0.1) is 5.92 Å². The summed E-state index contributed by atoms with van der Waals surface area (Å²) in [5.74, 6) is 0.704. The van der Waals surface area contributed by atoms with E-state index in [9.17, 15) is 9.90 Å². The van der Waals surface area contributed by atoms with Crippen LogP contribution in [0.15, 0.2) is 16.5 Å². The second-order valence-corrected chi connectivity index (χ2v) is 5.88. The maximum absolute atomic E-state index is 11.4. The quantitative estimate of drug-likeness (QED) is 0.855. The van der Waals surface area contributed by atoms with Gasteiger partial charge in [0, 0.05) is 19.6 Å². The molecule has 1 aromatic heterocycles. The van der Waals surface area contributed by atoms with Crippen molar-refractivity contribution in [3.05, 3.63) is 23.7 Å². The van der Waals surface area contributed by atoms with Crippen molar-refractivity contribution < 1.29 is 19.1 Å². The maximum atomic E-state index is 11.4. The topological polar surface area (TPSA) is 62.9 Å². The van der Waals surface area contributed by atoms with Crippen LogP contribution < -0.4 is 0 Å². The van der Waals surface area contributed by atoms with Gasteiger partial charge in [-0.2, -0.15) is 0 Å². The lowest BCUT2D eigenvalue weighted by molar-refractivity contribution is -0.0444. The van der Waals surface area contributed by atoms with Gasteiger partial charge in [0.05, 0.1) is 7.11 Å². The van der Waals surface area contributed by atoms with Gasteiger partial charge in [-0.3, -0.25) is 0 Å². The zero-order valence-electron chi connectivity index (χ0n) is 12.4. The van der Waals surface area contributed by atoms with Gasteiger partial charge >= 0.3 is 5.97 Å². The fourth-order valence-corrected chi connectivity index (χ4v) is 2.67. The van der Waals surface area contributed by atoms with Crippen LogP contribution in [0.3, 0.4) is 0 Å². The second-order valence-electron chi connectivity index (χ2n) is 5.88. The Kier molecular flexibility index (Phi) is 4.50. The molecule has 2 heterocycles. The fourth-order valence-electron chi connectivity index (χ4n) is 2.67. The van der Waals surface area contributed by atoms with Crippen molar-refractivity contribution in [1.82, 2.24) is 4.90 Å². The van der Waals surface area contributed by atoms with Crippen LogP contribution in [-0.2, 0) is 10.3 Å². The number of ether oxygens (including phenoxy) is 1. The first-order chi connectivity index (χ1) is 9.44. The Labute approximate surface area is 119 Å². The number of piperidine rings is 1. The van der Waals surface area contributed by atoms with Crippen LogP contribution in [-0.4, -0.2) is 42.7 Å². The predicted molar refractivity (Wildman–Crippen MR) is 74.5 cm³/mol. The van der Waals surface area contributed by atoms with Crippen LogP contribution in [0.1, 0.15) is 43.0 Å². The molecule has 0 spiro atoms. The Hall–Kier alpha value is -1.33. The smallest absolute Gasteiger partial charge is 0.373 e. The first kappa shape index (κ1) is 15.1. The Morgan fingerprint density at radius 1 is 1.45 bits per heavy atom. The number of carbonyl (C=O) groups excluding carboxylic acids is 1. The van der Waals surface area contributed by atoms with Crippen LogP contribution >= 0.6 is 0 Å². The van der Waals surface area contributed by atoms with Crippen molar-refractivity contribution in [3.63, 3.8) is 0 Å². The SMILES string of the molecule is COC(=O)c1ccc(C2(O)CCN(CC(C)C)CC2)o1. The summed E-state index contributed by atoms with van der Waals surface area (Å²) in [5.41, 5.74) is -0.972. The number of likely N-dealkylation sites (tertiary alicyclic amines) is 1. The highest BCUT2D eigenvalue weighted by Crippen LogP contribution is 2.34. The van der Waals surface area contributed by atoms with E-state index in [1.165, 1.54) is 7.11 Å². The number of aliphatic hydroxyl groups is 1. The number of carbonyl (C=O) groups is 1. The van der Waals surface area contributed by atoms with E-state index in [1.54, 1.807) is 12.1 Å². The number of furan rings is 1. The summed E-state index contributed by atoms with van der Waals surface area (Å²) in [6.45, 7) is 7.10. The van der Waals surface area contributed by atoms with Gasteiger partial charge in [-0.1, -0.05) is 13.8 Å². The lowest BCUT2D eigenvalue weighted by Crippen LogP contribution is -2.43. The molecule has 1 N–H and O–H groups in total. The van der Waals surface area contributed by atoms with Crippen molar-refractivity contribution >= 4 is 5.97 Å². The largest absolute Gasteiger partial charge is 0.463 e. The molecule has 1 aliphatic heterocycles. The van der Waals surface area contributed by atoms with Gasteiger partial charge in [0.1, 0.15) is 11.4 Å². The summed E-state index contributed by atoms with van der Waals surface area (Å²) in [4.78, 5) is 13.7. The van der Waals surface area contributed by atoms with Gasteiger partial charge in [-0.05, 0) is 30.9 Å². The molecule has 20 heavy (non-hydrogen) atoms. The van der Waals surface area contributed by atoms with Crippen LogP contribution in [0.4, 0.5) is 0 Å². The number of nitrogens with zero attached hydrogens (tertiary/aromatic N) is 1. The van der Waals surface area contributed by atoms with E-state index < -0.39 is 11.6 Å². The summed E-state index contributed by atoms with van der Waals surface area (Å²) in [6, 6.07) is 3.23. The molecule has 1 aromatic rings. The van der Waals surface area contributed by atoms with Gasteiger partial charge in [-0.25, -0.2) is 4.79 Å². The van der Waals surface area contributed by atoms with Gasteiger partial charge in [0.25, 0.3) is 0 Å². The van der Waals surface area contributed by atoms with E-state index in [0.29, 0.717) is 24.5 Å². The molecule has 0 aliphatic carbocycles.